The summed E-state index contributed by atoms with van der Waals surface area (Å²) in [7, 11) is 0. The first-order valence-corrected chi connectivity index (χ1v) is 4.15. The molecule has 0 atom stereocenters. The third-order valence-electron chi connectivity index (χ3n) is 1.83. The fraction of sp³-hybridized carbons (Fsp3) is 0.111. The molecule has 0 fully saturated rings. The van der Waals surface area contributed by atoms with Gasteiger partial charge in [0, 0.05) is 6.42 Å². The highest BCUT2D eigenvalue weighted by atomic mass is 19.1. The van der Waals surface area contributed by atoms with Crippen molar-refractivity contribution >= 4 is 5.95 Å². The number of anilines is 1. The molecule has 72 valence electrons. The summed E-state index contributed by atoms with van der Waals surface area (Å²) in [5.74, 6) is 0.655. The molecule has 0 unspecified atom stereocenters. The van der Waals surface area contributed by atoms with Gasteiger partial charge in [-0.1, -0.05) is 12.1 Å². The average Bonchev–Trinajstić information content (AvgIpc) is 2.56. The van der Waals surface area contributed by atoms with Crippen LogP contribution in [0.25, 0.3) is 0 Å². The van der Waals surface area contributed by atoms with Gasteiger partial charge in [0.1, 0.15) is 11.6 Å². The van der Waals surface area contributed by atoms with Gasteiger partial charge in [0.05, 0.1) is 0 Å². The monoisotopic (exact) mass is 192 g/mol. The maximum atomic E-state index is 12.6. The summed E-state index contributed by atoms with van der Waals surface area (Å²) < 4.78 is 12.6. The molecule has 3 N–H and O–H groups in total. The van der Waals surface area contributed by atoms with E-state index in [2.05, 4.69) is 15.2 Å². The van der Waals surface area contributed by atoms with Crippen molar-refractivity contribution in [1.29, 1.82) is 0 Å². The highest BCUT2D eigenvalue weighted by Gasteiger charge is 2.01. The maximum absolute atomic E-state index is 12.6. The van der Waals surface area contributed by atoms with Crippen molar-refractivity contribution in [3.8, 4) is 0 Å². The molecule has 1 heterocycles. The van der Waals surface area contributed by atoms with Crippen LogP contribution in [0.4, 0.5) is 10.3 Å². The van der Waals surface area contributed by atoms with Crippen molar-refractivity contribution in [3.05, 3.63) is 41.5 Å². The molecule has 0 saturated carbocycles. The van der Waals surface area contributed by atoms with Gasteiger partial charge in [-0.15, -0.1) is 5.10 Å². The zero-order valence-electron chi connectivity index (χ0n) is 7.37. The molecule has 5 heteroatoms. The molecule has 2 aromatic rings. The molecule has 2 rings (SSSR count). The van der Waals surface area contributed by atoms with Gasteiger partial charge in [-0.2, -0.15) is 4.98 Å². The predicted molar refractivity (Wildman–Crippen MR) is 50.0 cm³/mol. The number of nitrogens with one attached hydrogen (secondary N) is 1. The van der Waals surface area contributed by atoms with Gasteiger partial charge < -0.3 is 5.73 Å². The number of benzene rings is 1. The molecule has 0 amide bonds. The van der Waals surface area contributed by atoms with Crippen LogP contribution in [0.1, 0.15) is 11.4 Å². The lowest BCUT2D eigenvalue weighted by molar-refractivity contribution is 0.627. The Morgan fingerprint density at radius 1 is 1.29 bits per heavy atom. The van der Waals surface area contributed by atoms with Crippen LogP contribution in [0.3, 0.4) is 0 Å². The minimum atomic E-state index is -0.245. The number of hydrogen-bond acceptors (Lipinski definition) is 3. The number of rotatable bonds is 2. The van der Waals surface area contributed by atoms with Gasteiger partial charge in [0.25, 0.3) is 0 Å². The summed E-state index contributed by atoms with van der Waals surface area (Å²) in [6.07, 6.45) is 0.574. The summed E-state index contributed by atoms with van der Waals surface area (Å²) in [6, 6.07) is 6.23. The first kappa shape index (κ1) is 8.68. The molecule has 0 bridgehead atoms. The van der Waals surface area contributed by atoms with Crippen LogP contribution in [0.5, 0.6) is 0 Å². The van der Waals surface area contributed by atoms with E-state index in [1.54, 1.807) is 12.1 Å². The molecule has 1 aromatic heterocycles. The normalized spacial score (nSPS) is 10.4. The zero-order chi connectivity index (χ0) is 9.97. The van der Waals surface area contributed by atoms with E-state index in [-0.39, 0.29) is 11.8 Å². The first-order valence-electron chi connectivity index (χ1n) is 4.15. The van der Waals surface area contributed by atoms with Crippen molar-refractivity contribution in [1.82, 2.24) is 15.2 Å². The van der Waals surface area contributed by atoms with Crippen LogP contribution in [0, 0.1) is 5.82 Å². The highest BCUT2D eigenvalue weighted by Crippen LogP contribution is 2.07. The van der Waals surface area contributed by atoms with E-state index < -0.39 is 0 Å². The van der Waals surface area contributed by atoms with E-state index in [9.17, 15) is 4.39 Å². The lowest BCUT2D eigenvalue weighted by atomic mass is 10.1. The van der Waals surface area contributed by atoms with Crippen LogP contribution >= 0.6 is 0 Å². The summed E-state index contributed by atoms with van der Waals surface area (Å²) in [5.41, 5.74) is 6.30. The lowest BCUT2D eigenvalue weighted by Crippen LogP contribution is -1.91. The van der Waals surface area contributed by atoms with Gasteiger partial charge in [0.2, 0.25) is 5.95 Å². The molecule has 0 aliphatic rings. The standard InChI is InChI=1S/C9H9FN4/c10-7-3-1-6(2-4-7)5-8-12-9(11)14-13-8/h1-4H,5H2,(H3,11,12,13,14). The average molecular weight is 192 g/mol. The fourth-order valence-electron chi connectivity index (χ4n) is 1.18. The van der Waals surface area contributed by atoms with Gasteiger partial charge in [-0.05, 0) is 17.7 Å². The van der Waals surface area contributed by atoms with Crippen molar-refractivity contribution in [3.63, 3.8) is 0 Å². The number of H-pyrrole nitrogens is 1. The smallest absolute Gasteiger partial charge is 0.239 e. The molecule has 1 aromatic carbocycles. The van der Waals surface area contributed by atoms with E-state index >= 15 is 0 Å². The second kappa shape index (κ2) is 3.45. The number of halogens is 1. The fourth-order valence-corrected chi connectivity index (χ4v) is 1.18. The highest BCUT2D eigenvalue weighted by molar-refractivity contribution is 5.21. The van der Waals surface area contributed by atoms with Crippen LogP contribution in [-0.2, 0) is 6.42 Å². The third kappa shape index (κ3) is 1.87. The Morgan fingerprint density at radius 2 is 2.00 bits per heavy atom. The Hall–Kier alpha value is -1.91. The Bertz CT molecular complexity index is 421. The number of nitrogens with two attached hydrogens (primary N) is 1. The van der Waals surface area contributed by atoms with Gasteiger partial charge in [0.15, 0.2) is 0 Å². The first-order chi connectivity index (χ1) is 6.74. The molecule has 4 nitrogen and oxygen atoms in total. The van der Waals surface area contributed by atoms with E-state index in [0.29, 0.717) is 12.2 Å². The molecule has 0 saturated heterocycles. The molecule has 14 heavy (non-hydrogen) atoms. The lowest BCUT2D eigenvalue weighted by Gasteiger charge is -1.96. The Kier molecular flexibility index (Phi) is 2.14. The largest absolute Gasteiger partial charge is 0.367 e. The van der Waals surface area contributed by atoms with E-state index in [0.717, 1.165) is 5.56 Å². The minimum Gasteiger partial charge on any atom is -0.367 e. The third-order valence-corrected chi connectivity index (χ3v) is 1.83. The van der Waals surface area contributed by atoms with Gasteiger partial charge in [-0.25, -0.2) is 4.39 Å². The van der Waals surface area contributed by atoms with Crippen molar-refractivity contribution in [2.24, 2.45) is 0 Å². The number of aromatic nitrogens is 3. The quantitative estimate of drug-likeness (QED) is 0.749. The van der Waals surface area contributed by atoms with Crippen LogP contribution in [-0.4, -0.2) is 15.2 Å². The van der Waals surface area contributed by atoms with E-state index in [1.165, 1.54) is 12.1 Å². The SMILES string of the molecule is Nc1n[nH]c(Cc2ccc(F)cc2)n1. The molecule has 0 aliphatic heterocycles. The maximum Gasteiger partial charge on any atom is 0.239 e. The second-order valence-electron chi connectivity index (χ2n) is 2.94. The molecule has 0 spiro atoms. The van der Waals surface area contributed by atoms with E-state index in [4.69, 9.17) is 5.73 Å². The number of aromatic amines is 1. The second-order valence-corrected chi connectivity index (χ2v) is 2.94. The number of nitrogens with zero attached hydrogens (tertiary/aromatic N) is 2. The van der Waals surface area contributed by atoms with Crippen molar-refractivity contribution in [2.75, 3.05) is 5.73 Å². The van der Waals surface area contributed by atoms with Crippen molar-refractivity contribution in [2.45, 2.75) is 6.42 Å². The molecule has 0 radical (unpaired) electrons. The molecular formula is C9H9FN4. The van der Waals surface area contributed by atoms with Crippen molar-refractivity contribution < 1.29 is 4.39 Å². The summed E-state index contributed by atoms with van der Waals surface area (Å²) in [4.78, 5) is 3.95. The topological polar surface area (TPSA) is 67.6 Å². The number of nitrogen functional groups attached to an aromatic ring is 1. The van der Waals surface area contributed by atoms with Crippen LogP contribution in [0.2, 0.25) is 0 Å². The zero-order valence-corrected chi connectivity index (χ0v) is 7.37. The molecular weight excluding hydrogens is 183 g/mol. The van der Waals surface area contributed by atoms with E-state index in [1.807, 2.05) is 0 Å². The van der Waals surface area contributed by atoms with Gasteiger partial charge in [-0.3, -0.25) is 5.10 Å². The summed E-state index contributed by atoms with van der Waals surface area (Å²) in [5, 5.41) is 6.39. The van der Waals surface area contributed by atoms with Crippen LogP contribution in [0.15, 0.2) is 24.3 Å². The Morgan fingerprint density at radius 3 is 2.57 bits per heavy atom. The predicted octanol–water partition coefficient (Wildman–Crippen LogP) is 1.12. The number of hydrogen-bond donors (Lipinski definition) is 2. The molecule has 0 aliphatic carbocycles. The minimum absolute atomic E-state index is 0.224. The van der Waals surface area contributed by atoms with Gasteiger partial charge >= 0.3 is 0 Å². The Labute approximate surface area is 80.0 Å². The summed E-state index contributed by atoms with van der Waals surface area (Å²) >= 11 is 0. The Balaban J connectivity index is 2.15. The summed E-state index contributed by atoms with van der Waals surface area (Å²) in [6.45, 7) is 0. The van der Waals surface area contributed by atoms with Crippen LogP contribution < -0.4 is 5.73 Å².